The largest absolute Gasteiger partial charge is 0.490 e. The van der Waals surface area contributed by atoms with E-state index in [1.165, 1.54) is 41.9 Å². The Hall–Kier alpha value is -2.34. The van der Waals surface area contributed by atoms with Gasteiger partial charge >= 0.3 is 5.97 Å². The first kappa shape index (κ1) is 22.3. The minimum atomic E-state index is -3.94. The minimum absolute atomic E-state index is 0.00457. The standard InChI is InChI=1S/C19H20FNO7S2/c1-12(22)15-9-13(20)3-4-16(15)28-11-14-10-21(6-7-27-14)30(24,25)17-5-8-29-18(17)19(23)26-2/h3-5,8-9,14H,6-7,10-11H2,1-2H3. The van der Waals surface area contributed by atoms with Gasteiger partial charge in [-0.3, -0.25) is 4.79 Å². The number of benzene rings is 1. The van der Waals surface area contributed by atoms with Gasteiger partial charge in [0.2, 0.25) is 10.0 Å². The zero-order valence-corrected chi connectivity index (χ0v) is 17.9. The lowest BCUT2D eigenvalue weighted by Gasteiger charge is -2.32. The number of Topliss-reactive ketones (excluding diaryl/α,β-unsaturated/α-hetero) is 1. The SMILES string of the molecule is COC(=O)c1sccc1S(=O)(=O)N1CCOC(COc2ccc(F)cc2C(C)=O)C1. The smallest absolute Gasteiger partial charge is 0.349 e. The fourth-order valence-corrected chi connectivity index (χ4v) is 5.74. The number of halogens is 1. The molecule has 3 rings (SSSR count). The number of hydrogen-bond acceptors (Lipinski definition) is 8. The summed E-state index contributed by atoms with van der Waals surface area (Å²) < 4.78 is 56.5. The number of carbonyl (C=O) groups is 2. The molecular weight excluding hydrogens is 437 g/mol. The van der Waals surface area contributed by atoms with Crippen LogP contribution in [-0.4, -0.2) is 64.0 Å². The highest BCUT2D eigenvalue weighted by Crippen LogP contribution is 2.27. The predicted molar refractivity (Wildman–Crippen MR) is 106 cm³/mol. The van der Waals surface area contributed by atoms with Crippen LogP contribution in [0.1, 0.15) is 27.0 Å². The van der Waals surface area contributed by atoms with E-state index in [1.54, 1.807) is 0 Å². The van der Waals surface area contributed by atoms with E-state index in [2.05, 4.69) is 4.74 Å². The second kappa shape index (κ2) is 9.21. The van der Waals surface area contributed by atoms with E-state index >= 15 is 0 Å². The molecule has 0 bridgehead atoms. The van der Waals surface area contributed by atoms with Gasteiger partial charge in [0.05, 0.1) is 19.3 Å². The van der Waals surface area contributed by atoms with Crippen LogP contribution in [0.5, 0.6) is 5.75 Å². The van der Waals surface area contributed by atoms with Crippen LogP contribution in [0.3, 0.4) is 0 Å². The first-order valence-electron chi connectivity index (χ1n) is 8.95. The molecule has 1 aromatic heterocycles. The molecule has 0 saturated carbocycles. The Bertz CT molecular complexity index is 1050. The van der Waals surface area contributed by atoms with Gasteiger partial charge in [0.1, 0.15) is 34.1 Å². The summed E-state index contributed by atoms with van der Waals surface area (Å²) in [5.74, 6) is -1.44. The van der Waals surface area contributed by atoms with Crippen LogP contribution in [0.2, 0.25) is 0 Å². The molecule has 0 spiro atoms. The summed E-state index contributed by atoms with van der Waals surface area (Å²) in [5, 5.41) is 1.51. The fourth-order valence-electron chi connectivity index (χ4n) is 2.98. The molecule has 0 aliphatic carbocycles. The number of sulfonamides is 1. The second-order valence-electron chi connectivity index (χ2n) is 6.47. The first-order valence-corrected chi connectivity index (χ1v) is 11.3. The van der Waals surface area contributed by atoms with E-state index in [1.807, 2.05) is 0 Å². The normalized spacial score (nSPS) is 17.5. The molecule has 1 unspecified atom stereocenters. The summed E-state index contributed by atoms with van der Waals surface area (Å²) in [6.07, 6.45) is -0.612. The van der Waals surface area contributed by atoms with Gasteiger partial charge in [-0.05, 0) is 36.6 Å². The number of hydrogen-bond donors (Lipinski definition) is 0. The van der Waals surface area contributed by atoms with Crippen LogP contribution in [0, 0.1) is 5.82 Å². The number of rotatable bonds is 7. The van der Waals surface area contributed by atoms with Crippen molar-refractivity contribution in [3.8, 4) is 5.75 Å². The number of esters is 1. The molecule has 0 amide bonds. The highest BCUT2D eigenvalue weighted by molar-refractivity contribution is 7.89. The van der Waals surface area contributed by atoms with Crippen LogP contribution in [-0.2, 0) is 19.5 Å². The Labute approximate surface area is 177 Å². The Morgan fingerprint density at radius 2 is 2.10 bits per heavy atom. The molecule has 8 nitrogen and oxygen atoms in total. The molecule has 162 valence electrons. The lowest BCUT2D eigenvalue weighted by Crippen LogP contribution is -2.47. The molecule has 0 N–H and O–H groups in total. The van der Waals surface area contributed by atoms with Crippen LogP contribution in [0.15, 0.2) is 34.5 Å². The van der Waals surface area contributed by atoms with Crippen molar-refractivity contribution in [2.75, 3.05) is 33.4 Å². The molecule has 2 aromatic rings. The maximum Gasteiger partial charge on any atom is 0.349 e. The van der Waals surface area contributed by atoms with Gasteiger partial charge < -0.3 is 14.2 Å². The van der Waals surface area contributed by atoms with Crippen molar-refractivity contribution < 1.29 is 36.6 Å². The van der Waals surface area contributed by atoms with E-state index in [0.717, 1.165) is 17.4 Å². The Morgan fingerprint density at radius 3 is 2.80 bits per heavy atom. The van der Waals surface area contributed by atoms with Crippen molar-refractivity contribution in [1.82, 2.24) is 4.31 Å². The minimum Gasteiger partial charge on any atom is -0.490 e. The summed E-state index contributed by atoms with van der Waals surface area (Å²) in [7, 11) is -2.76. The summed E-state index contributed by atoms with van der Waals surface area (Å²) in [5.41, 5.74) is 0.0938. The van der Waals surface area contributed by atoms with Crippen LogP contribution < -0.4 is 4.74 Å². The Morgan fingerprint density at radius 1 is 1.33 bits per heavy atom. The van der Waals surface area contributed by atoms with Gasteiger partial charge in [-0.1, -0.05) is 0 Å². The third-order valence-electron chi connectivity index (χ3n) is 4.46. The first-order chi connectivity index (χ1) is 14.2. The van der Waals surface area contributed by atoms with Gasteiger partial charge in [-0.25, -0.2) is 17.6 Å². The van der Waals surface area contributed by atoms with Gasteiger partial charge in [-0.15, -0.1) is 11.3 Å². The molecule has 1 saturated heterocycles. The second-order valence-corrected chi connectivity index (χ2v) is 9.29. The van der Waals surface area contributed by atoms with Crippen LogP contribution >= 0.6 is 11.3 Å². The molecule has 1 aliphatic rings. The highest BCUT2D eigenvalue weighted by atomic mass is 32.2. The maximum atomic E-state index is 13.4. The predicted octanol–water partition coefficient (Wildman–Crippen LogP) is 2.34. The van der Waals surface area contributed by atoms with E-state index < -0.39 is 27.9 Å². The zero-order valence-electron chi connectivity index (χ0n) is 16.3. The van der Waals surface area contributed by atoms with Crippen molar-refractivity contribution in [2.45, 2.75) is 17.9 Å². The fraction of sp³-hybridized carbons (Fsp3) is 0.368. The average Bonchev–Trinajstić information content (AvgIpc) is 3.23. The van der Waals surface area contributed by atoms with Crippen molar-refractivity contribution >= 4 is 33.1 Å². The molecule has 0 radical (unpaired) electrons. The molecular formula is C19H20FNO7S2. The third kappa shape index (κ3) is 4.69. The Kier molecular flexibility index (Phi) is 6.86. The summed E-state index contributed by atoms with van der Waals surface area (Å²) in [6, 6.07) is 4.97. The number of ether oxygens (including phenoxy) is 3. The molecule has 1 aliphatic heterocycles. The number of thiophene rings is 1. The average molecular weight is 458 g/mol. The van der Waals surface area contributed by atoms with Crippen molar-refractivity contribution in [3.63, 3.8) is 0 Å². The highest BCUT2D eigenvalue weighted by Gasteiger charge is 2.34. The van der Waals surface area contributed by atoms with E-state index in [4.69, 9.17) is 9.47 Å². The monoisotopic (exact) mass is 457 g/mol. The van der Waals surface area contributed by atoms with Crippen molar-refractivity contribution in [1.29, 1.82) is 0 Å². The van der Waals surface area contributed by atoms with Crippen molar-refractivity contribution in [3.05, 3.63) is 45.9 Å². The van der Waals surface area contributed by atoms with Gasteiger partial charge in [0.15, 0.2) is 5.78 Å². The topological polar surface area (TPSA) is 99.2 Å². The van der Waals surface area contributed by atoms with Gasteiger partial charge in [0, 0.05) is 13.1 Å². The molecule has 11 heteroatoms. The summed E-state index contributed by atoms with van der Waals surface area (Å²) in [6.45, 7) is 1.51. The summed E-state index contributed by atoms with van der Waals surface area (Å²) in [4.78, 5) is 23.5. The molecule has 1 fully saturated rings. The molecule has 1 aromatic carbocycles. The maximum absolute atomic E-state index is 13.4. The van der Waals surface area contributed by atoms with Crippen LogP contribution in [0.4, 0.5) is 4.39 Å². The van der Waals surface area contributed by atoms with E-state index in [9.17, 15) is 22.4 Å². The van der Waals surface area contributed by atoms with Crippen LogP contribution in [0.25, 0.3) is 0 Å². The molecule has 30 heavy (non-hydrogen) atoms. The molecule has 1 atom stereocenters. The number of carbonyl (C=O) groups excluding carboxylic acids is 2. The van der Waals surface area contributed by atoms with Crippen molar-refractivity contribution in [2.24, 2.45) is 0 Å². The number of ketones is 1. The number of methoxy groups -OCH3 is 1. The zero-order chi connectivity index (χ0) is 21.9. The summed E-state index contributed by atoms with van der Waals surface area (Å²) >= 11 is 0.988. The van der Waals surface area contributed by atoms with Gasteiger partial charge in [0.25, 0.3) is 0 Å². The van der Waals surface area contributed by atoms with Gasteiger partial charge in [-0.2, -0.15) is 4.31 Å². The van der Waals surface area contributed by atoms with E-state index in [0.29, 0.717) is 0 Å². The quantitative estimate of drug-likeness (QED) is 0.465. The number of morpholine rings is 1. The Balaban J connectivity index is 1.73. The molecule has 2 heterocycles. The number of nitrogens with zero attached hydrogens (tertiary/aromatic N) is 1. The lowest BCUT2D eigenvalue weighted by atomic mass is 10.1. The van der Waals surface area contributed by atoms with E-state index in [-0.39, 0.29) is 53.2 Å². The third-order valence-corrected chi connectivity index (χ3v) is 7.40. The lowest BCUT2D eigenvalue weighted by molar-refractivity contribution is -0.0250.